The van der Waals surface area contributed by atoms with Crippen molar-refractivity contribution in [3.63, 3.8) is 0 Å². The second-order valence-corrected chi connectivity index (χ2v) is 13.6. The van der Waals surface area contributed by atoms with E-state index in [2.05, 4.69) is 58.6 Å². The van der Waals surface area contributed by atoms with Crippen molar-refractivity contribution in [2.45, 2.75) is 86.7 Å². The summed E-state index contributed by atoms with van der Waals surface area (Å²) in [6.07, 6.45) is 5.61. The number of hydrogen-bond acceptors (Lipinski definition) is 5. The molecule has 1 aliphatic heterocycles. The lowest BCUT2D eigenvalue weighted by molar-refractivity contribution is -0.160. The topological polar surface area (TPSA) is 65.7 Å². The minimum Gasteiger partial charge on any atom is -0.461 e. The molecule has 0 radical (unpaired) electrons. The number of furan rings is 1. The number of ether oxygens (including phenoxy) is 2. The van der Waals surface area contributed by atoms with E-state index in [1.165, 1.54) is 5.56 Å². The van der Waals surface area contributed by atoms with Crippen LogP contribution in [0, 0.1) is 41.9 Å². The van der Waals surface area contributed by atoms with Gasteiger partial charge in [-0.2, -0.15) is 0 Å². The Kier molecular flexibility index (Phi) is 10.6. The molecule has 0 spiro atoms. The molecular weight excluding hydrogens is 536 g/mol. The fourth-order valence-corrected chi connectivity index (χ4v) is 5.70. The van der Waals surface area contributed by atoms with E-state index in [0.717, 1.165) is 41.4 Å². The highest BCUT2D eigenvalue weighted by atomic mass is 16.6. The van der Waals surface area contributed by atoms with Crippen LogP contribution in [-0.2, 0) is 25.5 Å². The lowest BCUT2D eigenvalue weighted by Crippen LogP contribution is -2.31. The maximum atomic E-state index is 13.1. The molecule has 1 atom stereocenters. The Morgan fingerprint density at radius 3 is 2.33 bits per heavy atom. The molecule has 5 nitrogen and oxygen atoms in total. The second kappa shape index (κ2) is 14.1. The van der Waals surface area contributed by atoms with Gasteiger partial charge in [-0.1, -0.05) is 63.3 Å². The van der Waals surface area contributed by atoms with Crippen LogP contribution >= 0.6 is 0 Å². The predicted octanol–water partition coefficient (Wildman–Crippen LogP) is 8.59. The number of allylic oxidation sites excluding steroid dienone is 1. The molecule has 1 fully saturated rings. The van der Waals surface area contributed by atoms with Gasteiger partial charge in [0, 0.05) is 34.9 Å². The highest BCUT2D eigenvalue weighted by Crippen LogP contribution is 2.30. The van der Waals surface area contributed by atoms with Crippen LogP contribution in [0.5, 0.6) is 0 Å². The molecule has 0 saturated carbocycles. The van der Waals surface area contributed by atoms with Crippen LogP contribution in [0.3, 0.4) is 0 Å². The van der Waals surface area contributed by atoms with Crippen molar-refractivity contribution in [3.05, 3.63) is 82.6 Å². The van der Waals surface area contributed by atoms with Crippen LogP contribution < -0.4 is 0 Å². The molecule has 5 heteroatoms. The first-order valence-electron chi connectivity index (χ1n) is 15.6. The summed E-state index contributed by atoms with van der Waals surface area (Å²) < 4.78 is 17.3. The van der Waals surface area contributed by atoms with Gasteiger partial charge in [-0.05, 0) is 94.2 Å². The Bertz CT molecular complexity index is 1500. The minimum absolute atomic E-state index is 0.0515. The zero-order valence-corrected chi connectivity index (χ0v) is 26.8. The Morgan fingerprint density at radius 1 is 1.00 bits per heavy atom. The van der Waals surface area contributed by atoms with Crippen molar-refractivity contribution in [1.82, 2.24) is 0 Å². The molecule has 0 amide bonds. The summed E-state index contributed by atoms with van der Waals surface area (Å²) in [5, 5.41) is 0.941. The lowest BCUT2D eigenvalue weighted by atomic mass is 9.86. The normalized spacial score (nSPS) is 16.3. The van der Waals surface area contributed by atoms with Crippen LogP contribution in [-0.4, -0.2) is 24.6 Å². The molecule has 2 heterocycles. The molecule has 0 aliphatic carbocycles. The first-order chi connectivity index (χ1) is 20.4. The average Bonchev–Trinajstić information content (AvgIpc) is 3.50. The van der Waals surface area contributed by atoms with Crippen molar-refractivity contribution >= 4 is 22.9 Å². The van der Waals surface area contributed by atoms with Crippen molar-refractivity contribution < 1.29 is 23.5 Å². The molecule has 3 aromatic rings. The number of aryl methyl sites for hydroxylation is 1. The van der Waals surface area contributed by atoms with Gasteiger partial charge < -0.3 is 13.9 Å². The molecule has 1 saturated heterocycles. The van der Waals surface area contributed by atoms with Crippen molar-refractivity contribution in [2.24, 2.45) is 23.2 Å². The van der Waals surface area contributed by atoms with Gasteiger partial charge in [0.15, 0.2) is 0 Å². The van der Waals surface area contributed by atoms with E-state index in [1.54, 1.807) is 0 Å². The molecular formula is C38H46O5. The SMILES string of the molecule is Cc1ccc(C#Cc2ccc3oc(CC(C)(C)C(=O)OCC4C/C(=C\CC(CC(C)C)CC(C)C)C(=O)O4)cc3c2)cc1. The Balaban J connectivity index is 1.32. The number of rotatable bonds is 11. The molecule has 0 N–H and O–H groups in total. The summed E-state index contributed by atoms with van der Waals surface area (Å²) in [4.78, 5) is 25.6. The van der Waals surface area contributed by atoms with E-state index in [4.69, 9.17) is 13.9 Å². The zero-order chi connectivity index (χ0) is 31.1. The molecule has 2 aromatic carbocycles. The second-order valence-electron chi connectivity index (χ2n) is 13.6. The Morgan fingerprint density at radius 2 is 1.65 bits per heavy atom. The van der Waals surface area contributed by atoms with Crippen molar-refractivity contribution in [2.75, 3.05) is 6.61 Å². The van der Waals surface area contributed by atoms with Crippen LogP contribution in [0.1, 0.15) is 89.7 Å². The van der Waals surface area contributed by atoms with Gasteiger partial charge in [0.1, 0.15) is 24.1 Å². The fraction of sp³-hybridized carbons (Fsp3) is 0.474. The molecule has 43 heavy (non-hydrogen) atoms. The summed E-state index contributed by atoms with van der Waals surface area (Å²) in [5.74, 6) is 8.28. The van der Waals surface area contributed by atoms with Crippen LogP contribution in [0.4, 0.5) is 0 Å². The average molecular weight is 583 g/mol. The summed E-state index contributed by atoms with van der Waals surface area (Å²) in [7, 11) is 0. The van der Waals surface area contributed by atoms with E-state index < -0.39 is 11.5 Å². The summed E-state index contributed by atoms with van der Waals surface area (Å²) in [6, 6.07) is 16.0. The van der Waals surface area contributed by atoms with Gasteiger partial charge in [-0.15, -0.1) is 0 Å². The minimum atomic E-state index is -0.815. The number of cyclic esters (lactones) is 1. The third kappa shape index (κ3) is 9.35. The standard InChI is InChI=1S/C38H46O5/c1-25(2)18-30(19-26(3)4)14-16-31-21-34(43-36(31)39)24-41-37(40)38(6,7)23-33-22-32-20-29(15-17-35(32)42-33)13-12-28-10-8-27(5)9-11-28/h8-11,15-17,20,22,25-26,30,34H,14,18-19,21,23-24H2,1-7H3/b31-16+. The monoisotopic (exact) mass is 582 g/mol. The molecule has 1 aliphatic rings. The van der Waals surface area contributed by atoms with Crippen molar-refractivity contribution in [1.29, 1.82) is 0 Å². The number of benzene rings is 2. The van der Waals surface area contributed by atoms with E-state index >= 15 is 0 Å². The summed E-state index contributed by atoms with van der Waals surface area (Å²) >= 11 is 0. The van der Waals surface area contributed by atoms with Crippen LogP contribution in [0.2, 0.25) is 0 Å². The summed E-state index contributed by atoms with van der Waals surface area (Å²) in [5.41, 5.74) is 3.70. The van der Waals surface area contributed by atoms with E-state index in [9.17, 15) is 9.59 Å². The maximum absolute atomic E-state index is 13.1. The zero-order valence-electron chi connectivity index (χ0n) is 26.8. The van der Waals surface area contributed by atoms with Gasteiger partial charge in [0.05, 0.1) is 5.41 Å². The lowest BCUT2D eigenvalue weighted by Gasteiger charge is -2.22. The quantitative estimate of drug-likeness (QED) is 0.129. The van der Waals surface area contributed by atoms with E-state index in [1.807, 2.05) is 56.3 Å². The van der Waals surface area contributed by atoms with Gasteiger partial charge in [-0.25, -0.2) is 4.79 Å². The van der Waals surface area contributed by atoms with Crippen LogP contribution in [0.25, 0.3) is 11.0 Å². The fourth-order valence-electron chi connectivity index (χ4n) is 5.70. The van der Waals surface area contributed by atoms with Gasteiger partial charge in [-0.3, -0.25) is 4.79 Å². The molecule has 4 rings (SSSR count). The highest BCUT2D eigenvalue weighted by molar-refractivity contribution is 5.90. The van der Waals surface area contributed by atoms with Gasteiger partial charge in [0.25, 0.3) is 0 Å². The number of carbonyl (C=O) groups is 2. The van der Waals surface area contributed by atoms with Crippen LogP contribution in [0.15, 0.2) is 64.6 Å². The molecule has 1 unspecified atom stereocenters. The molecule has 0 bridgehead atoms. The summed E-state index contributed by atoms with van der Waals surface area (Å²) in [6.45, 7) is 14.8. The predicted molar refractivity (Wildman–Crippen MR) is 171 cm³/mol. The van der Waals surface area contributed by atoms with E-state index in [0.29, 0.717) is 41.9 Å². The number of fused-ring (bicyclic) bond motifs is 1. The third-order valence-electron chi connectivity index (χ3n) is 7.83. The first kappa shape index (κ1) is 32.1. The Labute approximate surface area is 257 Å². The number of esters is 2. The van der Waals surface area contributed by atoms with Crippen molar-refractivity contribution in [3.8, 4) is 11.8 Å². The number of hydrogen-bond donors (Lipinski definition) is 0. The molecule has 1 aromatic heterocycles. The third-order valence-corrected chi connectivity index (χ3v) is 7.83. The van der Waals surface area contributed by atoms with Gasteiger partial charge in [0.2, 0.25) is 0 Å². The van der Waals surface area contributed by atoms with E-state index in [-0.39, 0.29) is 18.5 Å². The Hall–Kier alpha value is -3.78. The largest absolute Gasteiger partial charge is 0.461 e. The smallest absolute Gasteiger partial charge is 0.334 e. The van der Waals surface area contributed by atoms with Gasteiger partial charge >= 0.3 is 11.9 Å². The highest BCUT2D eigenvalue weighted by Gasteiger charge is 2.34. The molecule has 228 valence electrons. The number of carbonyl (C=O) groups excluding carboxylic acids is 2. The first-order valence-corrected chi connectivity index (χ1v) is 15.6. The maximum Gasteiger partial charge on any atom is 0.334 e.